The lowest BCUT2D eigenvalue weighted by molar-refractivity contribution is -0.115. The van der Waals surface area contributed by atoms with Crippen LogP contribution in [0.15, 0.2) is 18.2 Å². The van der Waals surface area contributed by atoms with Crippen LogP contribution in [0, 0.1) is 5.41 Å². The Morgan fingerprint density at radius 2 is 2.19 bits per heavy atom. The van der Waals surface area contributed by atoms with E-state index < -0.39 is 0 Å². The number of fused-ring (bicyclic) bond motifs is 1. The smallest absolute Gasteiger partial charge is 0.126 e. The second-order valence-corrected chi connectivity index (χ2v) is 5.23. The second kappa shape index (κ2) is 3.93. The number of carbonyl (C=O) groups is 1. The summed E-state index contributed by atoms with van der Waals surface area (Å²) in [6.45, 7) is 3.95. The highest BCUT2D eigenvalue weighted by atomic mass is 16.3. The van der Waals surface area contributed by atoms with E-state index in [1.807, 2.05) is 26.0 Å². The maximum absolute atomic E-state index is 11.2. The Balaban J connectivity index is 2.48. The van der Waals surface area contributed by atoms with Gasteiger partial charge in [0, 0.05) is 5.41 Å². The van der Waals surface area contributed by atoms with Crippen molar-refractivity contribution in [2.75, 3.05) is 0 Å². The van der Waals surface area contributed by atoms with Crippen molar-refractivity contribution in [3.8, 4) is 5.75 Å². The van der Waals surface area contributed by atoms with Gasteiger partial charge in [-0.05, 0) is 42.4 Å². The van der Waals surface area contributed by atoms with Crippen molar-refractivity contribution < 1.29 is 9.90 Å². The first-order valence-corrected chi connectivity index (χ1v) is 5.83. The van der Waals surface area contributed by atoms with Crippen LogP contribution in [0.3, 0.4) is 0 Å². The molecule has 1 aliphatic rings. The summed E-state index contributed by atoms with van der Waals surface area (Å²) in [6.07, 6.45) is 4.04. The molecule has 0 aromatic heterocycles. The number of carbonyl (C=O) groups excluding carboxylic acids is 1. The van der Waals surface area contributed by atoms with Crippen molar-refractivity contribution in [3.05, 3.63) is 29.3 Å². The fraction of sp³-hybridized carbons (Fsp3) is 0.500. The van der Waals surface area contributed by atoms with E-state index in [0.717, 1.165) is 36.7 Å². The van der Waals surface area contributed by atoms with Gasteiger partial charge >= 0.3 is 0 Å². The Bertz CT molecular complexity index is 407. The molecule has 2 nitrogen and oxygen atoms in total. The van der Waals surface area contributed by atoms with E-state index in [4.69, 9.17) is 0 Å². The summed E-state index contributed by atoms with van der Waals surface area (Å²) in [6, 6.07) is 5.65. The number of phenols is 1. The van der Waals surface area contributed by atoms with Gasteiger partial charge in [-0.3, -0.25) is 0 Å². The lowest BCUT2D eigenvalue weighted by atomic mass is 9.69. The normalized spacial score (nSPS) is 20.2. The van der Waals surface area contributed by atoms with Crippen molar-refractivity contribution in [2.24, 2.45) is 5.41 Å². The molecule has 1 atom stereocenters. The fourth-order valence-corrected chi connectivity index (χ4v) is 2.68. The molecule has 0 saturated carbocycles. The Hall–Kier alpha value is -1.31. The zero-order valence-electron chi connectivity index (χ0n) is 9.86. The molecular formula is C14H18O2. The SMILES string of the molecule is CC(C)(C=O)C1CCCc2c(O)cccc21. The quantitative estimate of drug-likeness (QED) is 0.775. The van der Waals surface area contributed by atoms with E-state index in [9.17, 15) is 9.90 Å². The highest BCUT2D eigenvalue weighted by Crippen LogP contribution is 2.44. The van der Waals surface area contributed by atoms with Crippen molar-refractivity contribution in [1.29, 1.82) is 0 Å². The van der Waals surface area contributed by atoms with Gasteiger partial charge in [-0.1, -0.05) is 26.0 Å². The third kappa shape index (κ3) is 1.73. The predicted octanol–water partition coefficient (Wildman–Crippen LogP) is 3.04. The molecule has 0 amide bonds. The molecule has 1 aromatic carbocycles. The van der Waals surface area contributed by atoms with Gasteiger partial charge < -0.3 is 9.90 Å². The molecule has 1 aromatic rings. The van der Waals surface area contributed by atoms with E-state index in [0.29, 0.717) is 5.75 Å². The van der Waals surface area contributed by atoms with Gasteiger partial charge in [0.2, 0.25) is 0 Å². The zero-order chi connectivity index (χ0) is 11.8. The van der Waals surface area contributed by atoms with Gasteiger partial charge in [-0.25, -0.2) is 0 Å². The molecule has 0 bridgehead atoms. The Morgan fingerprint density at radius 1 is 1.44 bits per heavy atom. The molecule has 0 saturated heterocycles. The molecule has 1 N–H and O–H groups in total. The molecule has 1 aliphatic carbocycles. The number of benzene rings is 1. The van der Waals surface area contributed by atoms with Crippen LogP contribution in [0.4, 0.5) is 0 Å². The van der Waals surface area contributed by atoms with Crippen LogP contribution in [0.25, 0.3) is 0 Å². The second-order valence-electron chi connectivity index (χ2n) is 5.23. The first-order valence-electron chi connectivity index (χ1n) is 5.83. The first kappa shape index (κ1) is 11.2. The summed E-state index contributed by atoms with van der Waals surface area (Å²) in [5.41, 5.74) is 1.85. The van der Waals surface area contributed by atoms with Crippen molar-refractivity contribution in [1.82, 2.24) is 0 Å². The van der Waals surface area contributed by atoms with E-state index in [-0.39, 0.29) is 11.3 Å². The molecule has 1 unspecified atom stereocenters. The first-order chi connectivity index (χ1) is 7.56. The predicted molar refractivity (Wildman–Crippen MR) is 63.6 cm³/mol. The number of phenolic OH excluding ortho intramolecular Hbond substituents is 1. The summed E-state index contributed by atoms with van der Waals surface area (Å²) in [5, 5.41) is 9.82. The number of rotatable bonds is 2. The lowest BCUT2D eigenvalue weighted by Gasteiger charge is -2.34. The Morgan fingerprint density at radius 3 is 2.88 bits per heavy atom. The molecule has 86 valence electrons. The molecule has 16 heavy (non-hydrogen) atoms. The van der Waals surface area contributed by atoms with Gasteiger partial charge in [0.15, 0.2) is 0 Å². The van der Waals surface area contributed by atoms with Crippen LogP contribution in [-0.4, -0.2) is 11.4 Å². The molecule has 2 rings (SSSR count). The molecule has 0 spiro atoms. The van der Waals surface area contributed by atoms with E-state index in [1.54, 1.807) is 6.07 Å². The third-order valence-electron chi connectivity index (χ3n) is 3.68. The van der Waals surface area contributed by atoms with Crippen molar-refractivity contribution >= 4 is 6.29 Å². The van der Waals surface area contributed by atoms with E-state index >= 15 is 0 Å². The van der Waals surface area contributed by atoms with Gasteiger partial charge in [-0.2, -0.15) is 0 Å². The summed E-state index contributed by atoms with van der Waals surface area (Å²) < 4.78 is 0. The fourth-order valence-electron chi connectivity index (χ4n) is 2.68. The van der Waals surface area contributed by atoms with Crippen molar-refractivity contribution in [2.45, 2.75) is 39.0 Å². The average Bonchev–Trinajstić information content (AvgIpc) is 2.29. The molecule has 2 heteroatoms. The summed E-state index contributed by atoms with van der Waals surface area (Å²) in [4.78, 5) is 11.2. The number of hydrogen-bond donors (Lipinski definition) is 1. The summed E-state index contributed by atoms with van der Waals surface area (Å²) in [7, 11) is 0. The largest absolute Gasteiger partial charge is 0.508 e. The summed E-state index contributed by atoms with van der Waals surface area (Å²) in [5.74, 6) is 0.616. The monoisotopic (exact) mass is 218 g/mol. The van der Waals surface area contributed by atoms with E-state index in [1.165, 1.54) is 0 Å². The number of aromatic hydroxyl groups is 1. The molecule has 0 aliphatic heterocycles. The van der Waals surface area contributed by atoms with Crippen LogP contribution in [0.5, 0.6) is 5.75 Å². The molecular weight excluding hydrogens is 200 g/mol. The third-order valence-corrected chi connectivity index (χ3v) is 3.68. The van der Waals surface area contributed by atoms with Crippen LogP contribution < -0.4 is 0 Å². The maximum Gasteiger partial charge on any atom is 0.126 e. The van der Waals surface area contributed by atoms with Crippen molar-refractivity contribution in [3.63, 3.8) is 0 Å². The summed E-state index contributed by atoms with van der Waals surface area (Å²) >= 11 is 0. The molecule has 0 heterocycles. The highest BCUT2D eigenvalue weighted by molar-refractivity contribution is 5.61. The lowest BCUT2D eigenvalue weighted by Crippen LogP contribution is -2.27. The standard InChI is InChI=1S/C14H18O2/c1-14(2,9-15)12-7-3-6-11-10(12)5-4-8-13(11)16/h4-5,8-9,12,16H,3,6-7H2,1-2H3. The Labute approximate surface area is 96.3 Å². The average molecular weight is 218 g/mol. The molecule has 0 radical (unpaired) electrons. The van der Waals surface area contributed by atoms with Crippen LogP contribution in [-0.2, 0) is 11.2 Å². The minimum atomic E-state index is -0.344. The minimum absolute atomic E-state index is 0.237. The molecule has 0 fully saturated rings. The Kier molecular flexibility index (Phi) is 2.75. The maximum atomic E-state index is 11.2. The van der Waals surface area contributed by atoms with Crippen LogP contribution in [0.2, 0.25) is 0 Å². The zero-order valence-corrected chi connectivity index (χ0v) is 9.86. The topological polar surface area (TPSA) is 37.3 Å². The van der Waals surface area contributed by atoms with Crippen LogP contribution >= 0.6 is 0 Å². The minimum Gasteiger partial charge on any atom is -0.508 e. The van der Waals surface area contributed by atoms with Gasteiger partial charge in [0.25, 0.3) is 0 Å². The number of aldehydes is 1. The van der Waals surface area contributed by atoms with Gasteiger partial charge in [-0.15, -0.1) is 0 Å². The highest BCUT2D eigenvalue weighted by Gasteiger charge is 2.34. The van der Waals surface area contributed by atoms with Gasteiger partial charge in [0.05, 0.1) is 0 Å². The van der Waals surface area contributed by atoms with E-state index in [2.05, 4.69) is 0 Å². The van der Waals surface area contributed by atoms with Gasteiger partial charge in [0.1, 0.15) is 12.0 Å². The van der Waals surface area contributed by atoms with Crippen LogP contribution in [0.1, 0.15) is 43.7 Å². The number of hydrogen-bond acceptors (Lipinski definition) is 2.